The van der Waals surface area contributed by atoms with Gasteiger partial charge in [-0.1, -0.05) is 30.3 Å². The largest absolute Gasteiger partial charge is 0.342 e. The number of halogens is 2. The zero-order chi connectivity index (χ0) is 21.2. The molecule has 0 aliphatic heterocycles. The lowest BCUT2D eigenvalue weighted by molar-refractivity contribution is 0.0992. The van der Waals surface area contributed by atoms with E-state index in [1.807, 2.05) is 0 Å². The van der Waals surface area contributed by atoms with Gasteiger partial charge < -0.3 is 4.57 Å². The van der Waals surface area contributed by atoms with Crippen LogP contribution in [0.25, 0.3) is 10.9 Å². The van der Waals surface area contributed by atoms with E-state index in [-0.39, 0.29) is 24.3 Å². The van der Waals surface area contributed by atoms with E-state index in [0.717, 1.165) is 6.26 Å². The number of carbonyl (C=O) groups is 1. The molecule has 0 saturated carbocycles. The highest BCUT2D eigenvalue weighted by Crippen LogP contribution is 2.29. The van der Waals surface area contributed by atoms with Crippen molar-refractivity contribution in [3.63, 3.8) is 0 Å². The fourth-order valence-corrected chi connectivity index (χ4v) is 4.03. The fraction of sp³-hybridized carbons (Fsp3) is 0.286. The van der Waals surface area contributed by atoms with E-state index < -0.39 is 21.7 Å². The number of aryl methyl sites for hydroxylation is 1. The number of hydrogen-bond donors (Lipinski definition) is 1. The fourth-order valence-electron chi connectivity index (χ4n) is 3.52. The number of Topliss-reactive ketones (excluding diaryl/α,β-unsaturated/α-hetero) is 1. The second kappa shape index (κ2) is 8.42. The Morgan fingerprint density at radius 1 is 1.07 bits per heavy atom. The van der Waals surface area contributed by atoms with Crippen molar-refractivity contribution in [2.45, 2.75) is 26.3 Å². The van der Waals surface area contributed by atoms with Gasteiger partial charge in [0.2, 0.25) is 10.0 Å². The maximum atomic E-state index is 14.6. The van der Waals surface area contributed by atoms with Crippen LogP contribution in [0.2, 0.25) is 0 Å². The summed E-state index contributed by atoms with van der Waals surface area (Å²) < 4.78 is 55.1. The number of nitrogens with one attached hydrogen (secondary N) is 1. The molecule has 0 spiro atoms. The SMILES string of the molecule is Cc1c(C(=O)Cc2ccccc2F)c2cccc(F)c2n1CCCNS(C)(=O)=O. The maximum absolute atomic E-state index is 14.6. The molecule has 2 aromatic carbocycles. The van der Waals surface area contributed by atoms with E-state index in [0.29, 0.717) is 35.1 Å². The van der Waals surface area contributed by atoms with E-state index in [9.17, 15) is 22.0 Å². The van der Waals surface area contributed by atoms with E-state index >= 15 is 0 Å². The Morgan fingerprint density at radius 2 is 1.76 bits per heavy atom. The molecule has 0 atom stereocenters. The Hall–Kier alpha value is -2.58. The van der Waals surface area contributed by atoms with Gasteiger partial charge in [0.15, 0.2) is 5.78 Å². The second-order valence-electron chi connectivity index (χ2n) is 6.96. The molecular weight excluding hydrogens is 398 g/mol. The quantitative estimate of drug-likeness (QED) is 0.447. The summed E-state index contributed by atoms with van der Waals surface area (Å²) in [6, 6.07) is 10.6. The van der Waals surface area contributed by atoms with Crippen molar-refractivity contribution in [2.75, 3.05) is 12.8 Å². The van der Waals surface area contributed by atoms with Gasteiger partial charge in [0.05, 0.1) is 11.8 Å². The molecule has 1 N–H and O–H groups in total. The number of rotatable bonds is 8. The van der Waals surface area contributed by atoms with Crippen LogP contribution < -0.4 is 4.72 Å². The molecular formula is C21H22F2N2O3S. The topological polar surface area (TPSA) is 68.2 Å². The van der Waals surface area contributed by atoms with Gasteiger partial charge >= 0.3 is 0 Å². The van der Waals surface area contributed by atoms with Crippen LogP contribution in [0.1, 0.15) is 28.0 Å². The van der Waals surface area contributed by atoms with Gasteiger partial charge in [0.1, 0.15) is 11.6 Å². The third-order valence-electron chi connectivity index (χ3n) is 4.80. The number of sulfonamides is 1. The van der Waals surface area contributed by atoms with E-state index in [1.54, 1.807) is 35.8 Å². The van der Waals surface area contributed by atoms with E-state index in [2.05, 4.69) is 4.72 Å². The number of fused-ring (bicyclic) bond motifs is 1. The van der Waals surface area contributed by atoms with Crippen LogP contribution in [-0.4, -0.2) is 31.6 Å². The number of ketones is 1. The average Bonchev–Trinajstić information content (AvgIpc) is 2.93. The molecule has 1 aromatic heterocycles. The van der Waals surface area contributed by atoms with Gasteiger partial charge in [-0.3, -0.25) is 4.79 Å². The molecule has 0 saturated heterocycles. The lowest BCUT2D eigenvalue weighted by Gasteiger charge is -2.09. The highest BCUT2D eigenvalue weighted by molar-refractivity contribution is 7.88. The van der Waals surface area contributed by atoms with Crippen LogP contribution in [-0.2, 0) is 23.0 Å². The van der Waals surface area contributed by atoms with Gasteiger partial charge in [-0.25, -0.2) is 21.9 Å². The van der Waals surface area contributed by atoms with Crippen molar-refractivity contribution in [1.82, 2.24) is 9.29 Å². The van der Waals surface area contributed by atoms with Gasteiger partial charge in [-0.05, 0) is 31.0 Å². The number of para-hydroxylation sites is 1. The molecule has 0 bridgehead atoms. The Morgan fingerprint density at radius 3 is 2.45 bits per heavy atom. The summed E-state index contributed by atoms with van der Waals surface area (Å²) in [7, 11) is -3.31. The lowest BCUT2D eigenvalue weighted by atomic mass is 10.00. The second-order valence-corrected chi connectivity index (χ2v) is 8.79. The first kappa shape index (κ1) is 21.1. The number of benzene rings is 2. The molecule has 0 amide bonds. The molecule has 5 nitrogen and oxygen atoms in total. The third-order valence-corrected chi connectivity index (χ3v) is 5.53. The van der Waals surface area contributed by atoms with Crippen molar-refractivity contribution < 1.29 is 22.0 Å². The van der Waals surface area contributed by atoms with Crippen molar-refractivity contribution in [2.24, 2.45) is 0 Å². The van der Waals surface area contributed by atoms with E-state index in [4.69, 9.17) is 0 Å². The standard InChI is InChI=1S/C21H22F2N2O3S/c1-14-20(19(26)13-15-7-3-4-9-17(15)22)16-8-5-10-18(23)21(16)25(14)12-6-11-24-29(2,27)28/h3-5,7-10,24H,6,11-13H2,1-2H3. The minimum atomic E-state index is -3.31. The summed E-state index contributed by atoms with van der Waals surface area (Å²) in [5, 5.41) is 0.472. The van der Waals surface area contributed by atoms with Crippen molar-refractivity contribution in [3.05, 3.63) is 70.9 Å². The normalized spacial score (nSPS) is 11.9. The van der Waals surface area contributed by atoms with Crippen LogP contribution in [0.3, 0.4) is 0 Å². The summed E-state index contributed by atoms with van der Waals surface area (Å²) in [5.41, 5.74) is 1.51. The maximum Gasteiger partial charge on any atom is 0.208 e. The zero-order valence-corrected chi connectivity index (χ0v) is 17.0. The highest BCUT2D eigenvalue weighted by Gasteiger charge is 2.22. The summed E-state index contributed by atoms with van der Waals surface area (Å²) in [5.74, 6) is -1.22. The van der Waals surface area contributed by atoms with Crippen LogP contribution in [0, 0.1) is 18.6 Å². The van der Waals surface area contributed by atoms with Gasteiger partial charge in [0.25, 0.3) is 0 Å². The molecule has 8 heteroatoms. The lowest BCUT2D eigenvalue weighted by Crippen LogP contribution is -2.24. The van der Waals surface area contributed by atoms with Crippen LogP contribution in [0.4, 0.5) is 8.78 Å². The van der Waals surface area contributed by atoms with E-state index in [1.165, 1.54) is 18.2 Å². The van der Waals surface area contributed by atoms with Crippen LogP contribution >= 0.6 is 0 Å². The number of hydrogen-bond acceptors (Lipinski definition) is 3. The first-order valence-electron chi connectivity index (χ1n) is 9.17. The number of aromatic nitrogens is 1. The molecule has 0 radical (unpaired) electrons. The van der Waals surface area contributed by atoms with Gasteiger partial charge in [-0.15, -0.1) is 0 Å². The summed E-state index contributed by atoms with van der Waals surface area (Å²) >= 11 is 0. The average molecular weight is 420 g/mol. The van der Waals surface area contributed by atoms with Gasteiger partial charge in [-0.2, -0.15) is 0 Å². The predicted octanol–water partition coefficient (Wildman–Crippen LogP) is 3.59. The van der Waals surface area contributed by atoms with Crippen molar-refractivity contribution >= 4 is 26.7 Å². The monoisotopic (exact) mass is 420 g/mol. The molecule has 3 rings (SSSR count). The molecule has 0 unspecified atom stereocenters. The molecule has 3 aromatic rings. The first-order valence-corrected chi connectivity index (χ1v) is 11.1. The predicted molar refractivity (Wildman–Crippen MR) is 109 cm³/mol. The Labute approximate surface area is 168 Å². The highest BCUT2D eigenvalue weighted by atomic mass is 32.2. The molecule has 154 valence electrons. The molecule has 0 aliphatic carbocycles. The summed E-state index contributed by atoms with van der Waals surface area (Å²) in [6.07, 6.45) is 1.37. The minimum absolute atomic E-state index is 0.126. The smallest absolute Gasteiger partial charge is 0.208 e. The van der Waals surface area contributed by atoms with Crippen molar-refractivity contribution in [1.29, 1.82) is 0 Å². The Kier molecular flexibility index (Phi) is 6.14. The zero-order valence-electron chi connectivity index (χ0n) is 16.2. The molecule has 29 heavy (non-hydrogen) atoms. The molecule has 0 fully saturated rings. The minimum Gasteiger partial charge on any atom is -0.342 e. The first-order chi connectivity index (χ1) is 13.7. The number of nitrogens with zero attached hydrogens (tertiary/aromatic N) is 1. The van der Waals surface area contributed by atoms with Crippen molar-refractivity contribution in [3.8, 4) is 0 Å². The van der Waals surface area contributed by atoms with Crippen LogP contribution in [0.5, 0.6) is 0 Å². The summed E-state index contributed by atoms with van der Waals surface area (Å²) in [4.78, 5) is 13.0. The summed E-state index contributed by atoms with van der Waals surface area (Å²) in [6.45, 7) is 2.25. The van der Waals surface area contributed by atoms with Gasteiger partial charge in [0, 0.05) is 36.2 Å². The third kappa shape index (κ3) is 4.71. The Bertz CT molecular complexity index is 1170. The number of carbonyl (C=O) groups excluding carboxylic acids is 1. The Balaban J connectivity index is 1.95. The molecule has 0 aliphatic rings. The molecule has 1 heterocycles. The van der Waals surface area contributed by atoms with Crippen LogP contribution in [0.15, 0.2) is 42.5 Å².